The van der Waals surface area contributed by atoms with Crippen molar-refractivity contribution in [3.8, 4) is 5.75 Å². The first-order valence-corrected chi connectivity index (χ1v) is 8.06. The molecule has 0 unspecified atom stereocenters. The lowest BCUT2D eigenvalue weighted by Crippen LogP contribution is -2.31. The number of carbonyl (C=O) groups is 1. The summed E-state index contributed by atoms with van der Waals surface area (Å²) in [7, 11) is 3.92. The maximum absolute atomic E-state index is 11.9. The Bertz CT molecular complexity index is 631. The molecule has 1 N–H and O–H groups in total. The Hall–Kier alpha value is -1.63. The third kappa shape index (κ3) is 5.29. The number of amides is 1. The first-order valence-electron chi connectivity index (χ1n) is 6.80. The van der Waals surface area contributed by atoms with Gasteiger partial charge in [-0.2, -0.15) is 0 Å². The molecule has 7 heteroatoms. The Morgan fingerprint density at radius 3 is 3.00 bits per heavy atom. The highest BCUT2D eigenvalue weighted by Crippen LogP contribution is 2.19. The molecule has 118 valence electrons. The molecule has 0 saturated heterocycles. The van der Waals surface area contributed by atoms with Crippen LogP contribution in [0, 0.1) is 0 Å². The molecule has 1 aromatic heterocycles. The van der Waals surface area contributed by atoms with Crippen LogP contribution in [0.4, 0.5) is 0 Å². The monoisotopic (exact) mass is 339 g/mol. The Kier molecular flexibility index (Phi) is 6.18. The lowest BCUT2D eigenvalue weighted by molar-refractivity contribution is 0.0946. The van der Waals surface area contributed by atoms with Crippen molar-refractivity contribution in [2.75, 3.05) is 27.2 Å². The number of thiazole rings is 1. The molecular formula is C15H18ClN3O2S. The summed E-state index contributed by atoms with van der Waals surface area (Å²) in [5, 5.41) is 5.94. The molecule has 0 spiro atoms. The largest absolute Gasteiger partial charge is 0.486 e. The summed E-state index contributed by atoms with van der Waals surface area (Å²) in [6, 6.07) is 7.18. The van der Waals surface area contributed by atoms with E-state index in [1.165, 1.54) is 11.3 Å². The number of ether oxygens (including phenoxy) is 1. The quantitative estimate of drug-likeness (QED) is 0.842. The third-order valence-electron chi connectivity index (χ3n) is 2.79. The highest BCUT2D eigenvalue weighted by Gasteiger charge is 2.10. The van der Waals surface area contributed by atoms with Gasteiger partial charge in [0.15, 0.2) is 0 Å². The third-order valence-corrected chi connectivity index (χ3v) is 3.84. The van der Waals surface area contributed by atoms with Crippen molar-refractivity contribution in [2.45, 2.75) is 6.61 Å². The summed E-state index contributed by atoms with van der Waals surface area (Å²) < 4.78 is 5.60. The van der Waals surface area contributed by atoms with Gasteiger partial charge in [-0.25, -0.2) is 4.98 Å². The maximum atomic E-state index is 11.9. The minimum absolute atomic E-state index is 0.160. The Morgan fingerprint density at radius 2 is 2.27 bits per heavy atom. The maximum Gasteiger partial charge on any atom is 0.270 e. The van der Waals surface area contributed by atoms with Gasteiger partial charge >= 0.3 is 0 Å². The van der Waals surface area contributed by atoms with Crippen LogP contribution < -0.4 is 10.1 Å². The second-order valence-electron chi connectivity index (χ2n) is 4.93. The van der Waals surface area contributed by atoms with Crippen LogP contribution in [0.15, 0.2) is 29.6 Å². The first kappa shape index (κ1) is 16.7. The van der Waals surface area contributed by atoms with Crippen LogP contribution in [0.5, 0.6) is 5.75 Å². The summed E-state index contributed by atoms with van der Waals surface area (Å²) in [5.41, 5.74) is 0.424. The van der Waals surface area contributed by atoms with Crippen LogP contribution in [-0.2, 0) is 6.61 Å². The molecule has 0 aliphatic rings. The number of hydrogen-bond acceptors (Lipinski definition) is 5. The predicted octanol–water partition coefficient (Wildman–Crippen LogP) is 2.67. The highest BCUT2D eigenvalue weighted by molar-refractivity contribution is 7.09. The fourth-order valence-electron chi connectivity index (χ4n) is 1.67. The van der Waals surface area contributed by atoms with Crippen molar-refractivity contribution in [2.24, 2.45) is 0 Å². The molecule has 0 fully saturated rings. The molecule has 2 aromatic rings. The zero-order valence-corrected chi connectivity index (χ0v) is 14.1. The van der Waals surface area contributed by atoms with E-state index < -0.39 is 0 Å². The smallest absolute Gasteiger partial charge is 0.270 e. The standard InChI is InChI=1S/C15H18ClN3O2S/c1-19(2)7-6-17-15(20)13-10-22-14(18-13)9-21-12-5-3-4-11(16)8-12/h3-5,8,10H,6-7,9H2,1-2H3,(H,17,20). The minimum Gasteiger partial charge on any atom is -0.486 e. The lowest BCUT2D eigenvalue weighted by atomic mass is 10.3. The summed E-state index contributed by atoms with van der Waals surface area (Å²) in [5.74, 6) is 0.520. The van der Waals surface area contributed by atoms with Crippen molar-refractivity contribution < 1.29 is 9.53 Å². The van der Waals surface area contributed by atoms with E-state index in [0.717, 1.165) is 11.6 Å². The van der Waals surface area contributed by atoms with Gasteiger partial charge in [0.1, 0.15) is 23.1 Å². The number of nitrogens with one attached hydrogen (secondary N) is 1. The Balaban J connectivity index is 1.84. The molecule has 22 heavy (non-hydrogen) atoms. The number of hydrogen-bond donors (Lipinski definition) is 1. The van der Waals surface area contributed by atoms with E-state index in [1.807, 2.05) is 31.1 Å². The highest BCUT2D eigenvalue weighted by atomic mass is 35.5. The Morgan fingerprint density at radius 1 is 1.45 bits per heavy atom. The van der Waals surface area contributed by atoms with Crippen molar-refractivity contribution >= 4 is 28.8 Å². The van der Waals surface area contributed by atoms with E-state index in [4.69, 9.17) is 16.3 Å². The van der Waals surface area contributed by atoms with Crippen LogP contribution in [0.3, 0.4) is 0 Å². The van der Waals surface area contributed by atoms with E-state index in [0.29, 0.717) is 29.6 Å². The van der Waals surface area contributed by atoms with Crippen molar-refractivity contribution in [3.05, 3.63) is 45.4 Å². The number of benzene rings is 1. The predicted molar refractivity (Wildman–Crippen MR) is 88.8 cm³/mol. The molecular weight excluding hydrogens is 322 g/mol. The molecule has 1 amide bonds. The van der Waals surface area contributed by atoms with Crippen molar-refractivity contribution in [1.82, 2.24) is 15.2 Å². The second-order valence-corrected chi connectivity index (χ2v) is 6.31. The van der Waals surface area contributed by atoms with E-state index in [1.54, 1.807) is 17.5 Å². The fourth-order valence-corrected chi connectivity index (χ4v) is 2.53. The summed E-state index contributed by atoms with van der Waals surface area (Å²) in [4.78, 5) is 18.2. The first-order chi connectivity index (χ1) is 10.5. The number of rotatable bonds is 7. The average molecular weight is 340 g/mol. The van der Waals surface area contributed by atoms with Gasteiger partial charge in [-0.3, -0.25) is 4.79 Å². The number of carbonyl (C=O) groups excluding carboxylic acids is 1. The van der Waals surface area contributed by atoms with E-state index in [2.05, 4.69) is 10.3 Å². The van der Waals surface area contributed by atoms with Crippen LogP contribution in [0.25, 0.3) is 0 Å². The lowest BCUT2D eigenvalue weighted by Gasteiger charge is -2.09. The van der Waals surface area contributed by atoms with E-state index in [-0.39, 0.29) is 5.91 Å². The average Bonchev–Trinajstić information content (AvgIpc) is 2.94. The molecule has 2 rings (SSSR count). The van der Waals surface area contributed by atoms with Crippen molar-refractivity contribution in [1.29, 1.82) is 0 Å². The van der Waals surface area contributed by atoms with Gasteiger partial charge in [0.2, 0.25) is 0 Å². The number of nitrogens with zero attached hydrogens (tertiary/aromatic N) is 2. The SMILES string of the molecule is CN(C)CCNC(=O)c1csc(COc2cccc(Cl)c2)n1. The normalized spacial score (nSPS) is 10.7. The number of aromatic nitrogens is 1. The Labute approximate surface area is 138 Å². The molecule has 0 atom stereocenters. The molecule has 0 aliphatic carbocycles. The minimum atomic E-state index is -0.160. The van der Waals surface area contributed by atoms with Gasteiger partial charge in [-0.05, 0) is 32.3 Å². The summed E-state index contributed by atoms with van der Waals surface area (Å²) in [6.45, 7) is 1.70. The molecule has 0 bridgehead atoms. The molecule has 1 aromatic carbocycles. The molecule has 0 saturated carbocycles. The van der Waals surface area contributed by atoms with Gasteiger partial charge in [0.25, 0.3) is 5.91 Å². The number of likely N-dealkylation sites (N-methyl/N-ethyl adjacent to an activating group) is 1. The summed E-state index contributed by atoms with van der Waals surface area (Å²) >= 11 is 7.29. The molecule has 1 heterocycles. The van der Waals surface area contributed by atoms with Crippen LogP contribution in [0.1, 0.15) is 15.5 Å². The second kappa shape index (κ2) is 8.12. The molecule has 5 nitrogen and oxygen atoms in total. The van der Waals surface area contributed by atoms with E-state index >= 15 is 0 Å². The van der Waals surface area contributed by atoms with Crippen molar-refractivity contribution in [3.63, 3.8) is 0 Å². The van der Waals surface area contributed by atoms with Gasteiger partial charge in [0.05, 0.1) is 0 Å². The zero-order valence-electron chi connectivity index (χ0n) is 12.5. The fraction of sp³-hybridized carbons (Fsp3) is 0.333. The van der Waals surface area contributed by atoms with Crippen LogP contribution >= 0.6 is 22.9 Å². The van der Waals surface area contributed by atoms with Crippen LogP contribution in [0.2, 0.25) is 5.02 Å². The van der Waals surface area contributed by atoms with Gasteiger partial charge in [-0.15, -0.1) is 11.3 Å². The summed E-state index contributed by atoms with van der Waals surface area (Å²) in [6.07, 6.45) is 0. The molecule has 0 aliphatic heterocycles. The van der Waals surface area contributed by atoms with Gasteiger partial charge in [-0.1, -0.05) is 17.7 Å². The topological polar surface area (TPSA) is 54.5 Å². The van der Waals surface area contributed by atoms with Crippen LogP contribution in [-0.4, -0.2) is 43.0 Å². The molecule has 0 radical (unpaired) electrons. The van der Waals surface area contributed by atoms with E-state index in [9.17, 15) is 4.79 Å². The van der Waals surface area contributed by atoms with Gasteiger partial charge < -0.3 is 15.0 Å². The van der Waals surface area contributed by atoms with Gasteiger partial charge in [0, 0.05) is 23.5 Å². The number of halogens is 1. The zero-order chi connectivity index (χ0) is 15.9.